The molecule has 2 aromatic rings. The van der Waals surface area contributed by atoms with Crippen molar-refractivity contribution < 1.29 is 0 Å². The molecule has 0 spiro atoms. The molecule has 3 heteroatoms. The summed E-state index contributed by atoms with van der Waals surface area (Å²) < 4.78 is 0. The van der Waals surface area contributed by atoms with Crippen molar-refractivity contribution >= 4 is 22.3 Å². The average Bonchev–Trinajstić information content (AvgIpc) is 2.26. The van der Waals surface area contributed by atoms with E-state index in [1.165, 1.54) is 5.69 Å². The van der Waals surface area contributed by atoms with Gasteiger partial charge in [0.2, 0.25) is 0 Å². The van der Waals surface area contributed by atoms with Crippen molar-refractivity contribution in [2.45, 2.75) is 13.8 Å². The van der Waals surface area contributed by atoms with Gasteiger partial charge >= 0.3 is 0 Å². The third-order valence-electron chi connectivity index (χ3n) is 2.79. The highest BCUT2D eigenvalue weighted by Crippen LogP contribution is 2.26. The van der Waals surface area contributed by atoms with Gasteiger partial charge in [-0.25, -0.2) is 0 Å². The van der Waals surface area contributed by atoms with Crippen LogP contribution in [0.3, 0.4) is 0 Å². The number of hydrogen-bond donors (Lipinski definition) is 1. The van der Waals surface area contributed by atoms with Crippen LogP contribution in [-0.2, 0) is 0 Å². The molecule has 1 aromatic heterocycles. The molecule has 1 aromatic carbocycles. The van der Waals surface area contributed by atoms with Crippen molar-refractivity contribution in [3.05, 3.63) is 30.5 Å². The molecule has 17 heavy (non-hydrogen) atoms. The molecule has 0 aliphatic carbocycles. The van der Waals surface area contributed by atoms with Gasteiger partial charge < -0.3 is 10.6 Å². The molecule has 0 aliphatic heterocycles. The fourth-order valence-corrected chi connectivity index (χ4v) is 2.13. The molecular formula is C14H19N3. The Hall–Kier alpha value is -1.77. The van der Waals surface area contributed by atoms with E-state index in [0.29, 0.717) is 5.92 Å². The minimum absolute atomic E-state index is 0.636. The molecule has 1 heterocycles. The van der Waals surface area contributed by atoms with Gasteiger partial charge in [0, 0.05) is 36.6 Å². The molecule has 0 fully saturated rings. The highest BCUT2D eigenvalue weighted by atomic mass is 15.1. The summed E-state index contributed by atoms with van der Waals surface area (Å²) in [6.07, 6.45) is 1.84. The first kappa shape index (κ1) is 11.7. The van der Waals surface area contributed by atoms with Gasteiger partial charge in [-0.05, 0) is 30.2 Å². The zero-order valence-electron chi connectivity index (χ0n) is 10.6. The largest absolute Gasteiger partial charge is 0.399 e. The van der Waals surface area contributed by atoms with E-state index in [4.69, 9.17) is 5.73 Å². The summed E-state index contributed by atoms with van der Waals surface area (Å²) in [5.74, 6) is 0.636. The van der Waals surface area contributed by atoms with E-state index in [9.17, 15) is 0 Å². The fraction of sp³-hybridized carbons (Fsp3) is 0.357. The minimum Gasteiger partial charge on any atom is -0.399 e. The number of nitrogen functional groups attached to an aromatic ring is 1. The standard InChI is InChI=1S/C14H19N3/c1-10(2)9-17(3)14-6-7-16-13-8-11(15)4-5-12(13)14/h4-8,10H,9,15H2,1-3H3. The highest BCUT2D eigenvalue weighted by Gasteiger charge is 2.08. The molecule has 2 N–H and O–H groups in total. The third kappa shape index (κ3) is 2.49. The fourth-order valence-electron chi connectivity index (χ4n) is 2.13. The summed E-state index contributed by atoms with van der Waals surface area (Å²) in [7, 11) is 2.12. The molecule has 0 saturated heterocycles. The number of fused-ring (bicyclic) bond motifs is 1. The van der Waals surface area contributed by atoms with Crippen LogP contribution in [0.5, 0.6) is 0 Å². The van der Waals surface area contributed by atoms with Crippen molar-refractivity contribution in [1.29, 1.82) is 0 Å². The summed E-state index contributed by atoms with van der Waals surface area (Å²) in [6, 6.07) is 7.95. The maximum Gasteiger partial charge on any atom is 0.0743 e. The summed E-state index contributed by atoms with van der Waals surface area (Å²) in [5.41, 5.74) is 8.70. The number of rotatable bonds is 3. The molecule has 2 rings (SSSR count). The number of benzene rings is 1. The van der Waals surface area contributed by atoms with Gasteiger partial charge in [-0.1, -0.05) is 13.8 Å². The van der Waals surface area contributed by atoms with E-state index in [1.807, 2.05) is 24.4 Å². The predicted molar refractivity (Wildman–Crippen MR) is 74.3 cm³/mol. The predicted octanol–water partition coefficient (Wildman–Crippen LogP) is 2.91. The van der Waals surface area contributed by atoms with Crippen LogP contribution in [0, 0.1) is 5.92 Å². The third-order valence-corrected chi connectivity index (χ3v) is 2.79. The van der Waals surface area contributed by atoms with Crippen molar-refractivity contribution in [2.24, 2.45) is 5.92 Å². The Balaban J connectivity index is 2.47. The van der Waals surface area contributed by atoms with Gasteiger partial charge in [-0.3, -0.25) is 4.98 Å². The zero-order valence-corrected chi connectivity index (χ0v) is 10.6. The topological polar surface area (TPSA) is 42.2 Å². The first-order valence-corrected chi connectivity index (χ1v) is 5.93. The molecule has 0 radical (unpaired) electrons. The normalized spacial score (nSPS) is 11.1. The van der Waals surface area contributed by atoms with Crippen molar-refractivity contribution in [3.8, 4) is 0 Å². The van der Waals surface area contributed by atoms with Gasteiger partial charge in [0.15, 0.2) is 0 Å². The first-order chi connectivity index (χ1) is 8.08. The van der Waals surface area contributed by atoms with Crippen LogP contribution >= 0.6 is 0 Å². The average molecular weight is 229 g/mol. The van der Waals surface area contributed by atoms with Crippen molar-refractivity contribution in [2.75, 3.05) is 24.2 Å². The number of aromatic nitrogens is 1. The number of nitrogens with zero attached hydrogens (tertiary/aromatic N) is 2. The lowest BCUT2D eigenvalue weighted by molar-refractivity contribution is 0.639. The lowest BCUT2D eigenvalue weighted by Crippen LogP contribution is -2.22. The van der Waals surface area contributed by atoms with Crippen LogP contribution < -0.4 is 10.6 Å². The summed E-state index contributed by atoms with van der Waals surface area (Å²) in [5, 5.41) is 1.16. The van der Waals surface area contributed by atoms with Crippen LogP contribution in [0.25, 0.3) is 10.9 Å². The lowest BCUT2D eigenvalue weighted by atomic mass is 10.1. The van der Waals surface area contributed by atoms with E-state index in [2.05, 4.69) is 36.8 Å². The van der Waals surface area contributed by atoms with Gasteiger partial charge in [0.05, 0.1) is 5.52 Å². The van der Waals surface area contributed by atoms with Crippen molar-refractivity contribution in [3.63, 3.8) is 0 Å². The second-order valence-electron chi connectivity index (χ2n) is 4.88. The molecule has 0 aliphatic rings. The molecule has 0 saturated carbocycles. The van der Waals surface area contributed by atoms with Gasteiger partial charge in [-0.2, -0.15) is 0 Å². The Morgan fingerprint density at radius 2 is 2.06 bits per heavy atom. The molecular weight excluding hydrogens is 210 g/mol. The Labute approximate surface area is 102 Å². The summed E-state index contributed by atoms with van der Waals surface area (Å²) >= 11 is 0. The minimum atomic E-state index is 0.636. The Bertz CT molecular complexity index is 520. The van der Waals surface area contributed by atoms with E-state index < -0.39 is 0 Å². The molecule has 0 atom stereocenters. The summed E-state index contributed by atoms with van der Waals surface area (Å²) in [4.78, 5) is 6.63. The molecule has 90 valence electrons. The number of nitrogens with two attached hydrogens (primary N) is 1. The highest BCUT2D eigenvalue weighted by molar-refractivity contribution is 5.93. The molecule has 0 unspecified atom stereocenters. The first-order valence-electron chi connectivity index (χ1n) is 5.93. The maximum atomic E-state index is 5.78. The number of hydrogen-bond acceptors (Lipinski definition) is 3. The maximum absolute atomic E-state index is 5.78. The monoisotopic (exact) mass is 229 g/mol. The van der Waals surface area contributed by atoms with E-state index in [-0.39, 0.29) is 0 Å². The van der Waals surface area contributed by atoms with Crippen LogP contribution in [0.1, 0.15) is 13.8 Å². The molecule has 0 bridgehead atoms. The Kier molecular flexibility index (Phi) is 3.18. The van der Waals surface area contributed by atoms with Crippen molar-refractivity contribution in [1.82, 2.24) is 4.98 Å². The van der Waals surface area contributed by atoms with E-state index in [0.717, 1.165) is 23.1 Å². The van der Waals surface area contributed by atoms with E-state index in [1.54, 1.807) is 0 Å². The molecule has 3 nitrogen and oxygen atoms in total. The smallest absolute Gasteiger partial charge is 0.0743 e. The Morgan fingerprint density at radius 1 is 1.29 bits per heavy atom. The second-order valence-corrected chi connectivity index (χ2v) is 4.88. The quantitative estimate of drug-likeness (QED) is 0.823. The SMILES string of the molecule is CC(C)CN(C)c1ccnc2cc(N)ccc12. The van der Waals surface area contributed by atoms with E-state index >= 15 is 0 Å². The Morgan fingerprint density at radius 3 is 2.76 bits per heavy atom. The second kappa shape index (κ2) is 4.62. The van der Waals surface area contributed by atoms with Crippen LogP contribution in [0.2, 0.25) is 0 Å². The van der Waals surface area contributed by atoms with Gasteiger partial charge in [0.1, 0.15) is 0 Å². The van der Waals surface area contributed by atoms with Gasteiger partial charge in [0.25, 0.3) is 0 Å². The van der Waals surface area contributed by atoms with Crippen LogP contribution in [-0.4, -0.2) is 18.6 Å². The lowest BCUT2D eigenvalue weighted by Gasteiger charge is -2.22. The molecule has 0 amide bonds. The number of pyridine rings is 1. The summed E-state index contributed by atoms with van der Waals surface area (Å²) in [6.45, 7) is 5.47. The van der Waals surface area contributed by atoms with Gasteiger partial charge in [-0.15, -0.1) is 0 Å². The zero-order chi connectivity index (χ0) is 12.4. The van der Waals surface area contributed by atoms with Crippen LogP contribution in [0.4, 0.5) is 11.4 Å². The van der Waals surface area contributed by atoms with Crippen LogP contribution in [0.15, 0.2) is 30.5 Å². The number of anilines is 2.